The highest BCUT2D eigenvalue weighted by atomic mass is 16.1. The van der Waals surface area contributed by atoms with Gasteiger partial charge in [0.25, 0.3) is 5.56 Å². The minimum atomic E-state index is -0.222. The Hall–Kier alpha value is -2.95. The van der Waals surface area contributed by atoms with Crippen molar-refractivity contribution in [1.29, 1.82) is 0 Å². The number of H-pyrrole nitrogens is 1. The topological polar surface area (TPSA) is 74.8 Å². The van der Waals surface area contributed by atoms with Crippen LogP contribution in [0, 0.1) is 6.92 Å². The molecule has 5 nitrogen and oxygen atoms in total. The molecule has 0 amide bonds. The first kappa shape index (κ1) is 21.1. The minimum Gasteiger partial charge on any atom is -0.385 e. The summed E-state index contributed by atoms with van der Waals surface area (Å²) in [5, 5.41) is 9.33. The predicted octanol–water partition coefficient (Wildman–Crippen LogP) is 3.58. The largest absolute Gasteiger partial charge is 0.385 e. The Bertz CT molecular complexity index is 811. The van der Waals surface area contributed by atoms with E-state index in [4.69, 9.17) is 0 Å². The van der Waals surface area contributed by atoms with Gasteiger partial charge in [0.2, 0.25) is 5.78 Å². The zero-order valence-corrected chi connectivity index (χ0v) is 16.1. The molecule has 2 aromatic rings. The van der Waals surface area contributed by atoms with Crippen molar-refractivity contribution in [3.63, 3.8) is 0 Å². The molecule has 0 spiro atoms. The second kappa shape index (κ2) is 10.8. The number of hydrogen-bond acceptors (Lipinski definition) is 4. The van der Waals surface area contributed by atoms with E-state index < -0.39 is 0 Å². The first-order valence-electron chi connectivity index (χ1n) is 8.72. The van der Waals surface area contributed by atoms with E-state index in [1.165, 1.54) is 6.07 Å². The summed E-state index contributed by atoms with van der Waals surface area (Å²) in [6, 6.07) is 10.6. The molecule has 1 heterocycles. The molecular weight excluding hydrogens is 326 g/mol. The number of ketones is 1. The quantitative estimate of drug-likeness (QED) is 0.473. The molecule has 2 N–H and O–H groups in total. The molecule has 0 aliphatic heterocycles. The number of carbonyl (C=O) groups excluding carboxylic acids is 1. The van der Waals surface area contributed by atoms with Crippen LogP contribution in [0.1, 0.15) is 42.4 Å². The van der Waals surface area contributed by atoms with Crippen LogP contribution in [0.5, 0.6) is 0 Å². The van der Waals surface area contributed by atoms with E-state index in [0.29, 0.717) is 17.7 Å². The molecule has 0 aliphatic carbocycles. The molecule has 0 aliphatic rings. The van der Waals surface area contributed by atoms with Crippen LogP contribution in [0.3, 0.4) is 0 Å². The third kappa shape index (κ3) is 6.16. The van der Waals surface area contributed by atoms with Gasteiger partial charge in [-0.1, -0.05) is 55.8 Å². The number of aromatic nitrogens is 2. The minimum absolute atomic E-state index is 0.0400. The lowest BCUT2D eigenvalue weighted by Crippen LogP contribution is -2.18. The van der Waals surface area contributed by atoms with Crippen LogP contribution in [-0.4, -0.2) is 23.0 Å². The van der Waals surface area contributed by atoms with Crippen molar-refractivity contribution in [2.24, 2.45) is 0 Å². The molecule has 0 radical (unpaired) electrons. The van der Waals surface area contributed by atoms with Crippen LogP contribution in [0.4, 0.5) is 0 Å². The van der Waals surface area contributed by atoms with Gasteiger partial charge in [0.05, 0.1) is 11.4 Å². The molecule has 138 valence electrons. The highest BCUT2D eigenvalue weighted by molar-refractivity contribution is 6.08. The van der Waals surface area contributed by atoms with E-state index in [2.05, 4.69) is 15.5 Å². The summed E-state index contributed by atoms with van der Waals surface area (Å²) >= 11 is 0. The standard InChI is InChI=1S/C19H21N3O2.C2H6/c1-13-7-9-15(10-8-13)19(24)18(20-3)14(2)5-4-6-16-11-12-17(23)22-21-16;1-2/h4-5,7-12,20H,6H2,1-3H3,(H,22,23);1-2H3/b5-4+,18-14-;. The summed E-state index contributed by atoms with van der Waals surface area (Å²) in [5.41, 5.74) is 3.71. The Balaban J connectivity index is 0.00000163. The van der Waals surface area contributed by atoms with Gasteiger partial charge in [-0.2, -0.15) is 5.10 Å². The summed E-state index contributed by atoms with van der Waals surface area (Å²) in [6.45, 7) is 7.87. The number of aromatic amines is 1. The summed E-state index contributed by atoms with van der Waals surface area (Å²) in [4.78, 5) is 23.6. The first-order chi connectivity index (χ1) is 12.5. The molecule has 0 saturated heterocycles. The maximum absolute atomic E-state index is 12.6. The van der Waals surface area contributed by atoms with Crippen LogP contribution in [0.15, 0.2) is 64.6 Å². The molecule has 0 fully saturated rings. The Morgan fingerprint density at radius 3 is 2.35 bits per heavy atom. The van der Waals surface area contributed by atoms with Gasteiger partial charge in [0, 0.05) is 25.1 Å². The average Bonchev–Trinajstić information content (AvgIpc) is 2.66. The normalized spacial score (nSPS) is 11.4. The molecule has 26 heavy (non-hydrogen) atoms. The van der Waals surface area contributed by atoms with Gasteiger partial charge in [-0.05, 0) is 25.5 Å². The third-order valence-electron chi connectivity index (χ3n) is 3.62. The number of Topliss-reactive ketones (excluding diaryl/α,β-unsaturated/α-hetero) is 1. The summed E-state index contributed by atoms with van der Waals surface area (Å²) < 4.78 is 0. The van der Waals surface area contributed by atoms with Gasteiger partial charge in [-0.15, -0.1) is 0 Å². The Kier molecular flexibility index (Phi) is 8.78. The highest BCUT2D eigenvalue weighted by Gasteiger charge is 2.12. The average molecular weight is 353 g/mol. The summed E-state index contributed by atoms with van der Waals surface area (Å²) in [5.74, 6) is -0.0400. The van der Waals surface area contributed by atoms with Crippen LogP contribution < -0.4 is 10.9 Å². The van der Waals surface area contributed by atoms with Gasteiger partial charge < -0.3 is 5.32 Å². The Labute approximate surface area is 154 Å². The predicted molar refractivity (Wildman–Crippen MR) is 106 cm³/mol. The smallest absolute Gasteiger partial charge is 0.264 e. The van der Waals surface area contributed by atoms with E-state index in [9.17, 15) is 9.59 Å². The number of nitrogens with zero attached hydrogens (tertiary/aromatic N) is 1. The van der Waals surface area contributed by atoms with Crippen LogP contribution >= 0.6 is 0 Å². The number of hydrogen-bond donors (Lipinski definition) is 2. The van der Waals surface area contributed by atoms with Crippen molar-refractivity contribution in [3.05, 3.63) is 87.0 Å². The van der Waals surface area contributed by atoms with Crippen molar-refractivity contribution >= 4 is 5.78 Å². The maximum atomic E-state index is 12.6. The van der Waals surface area contributed by atoms with E-state index in [-0.39, 0.29) is 11.3 Å². The van der Waals surface area contributed by atoms with Crippen molar-refractivity contribution in [2.45, 2.75) is 34.1 Å². The lowest BCUT2D eigenvalue weighted by Gasteiger charge is -2.09. The van der Waals surface area contributed by atoms with E-state index in [0.717, 1.165) is 16.8 Å². The zero-order chi connectivity index (χ0) is 19.5. The number of likely N-dealkylation sites (N-methyl/N-ethyl adjacent to an activating group) is 1. The van der Waals surface area contributed by atoms with Gasteiger partial charge in [-0.3, -0.25) is 9.59 Å². The van der Waals surface area contributed by atoms with Crippen LogP contribution in [0.2, 0.25) is 0 Å². The lowest BCUT2D eigenvalue weighted by atomic mass is 10.0. The number of benzene rings is 1. The first-order valence-corrected chi connectivity index (χ1v) is 8.72. The fourth-order valence-corrected chi connectivity index (χ4v) is 2.27. The SMILES string of the molecule is CC.CN/C(C(=O)c1ccc(C)cc1)=C(C)\C=C\Cc1ccc(=O)[nH]n1. The zero-order valence-electron chi connectivity index (χ0n) is 16.1. The number of allylic oxidation sites excluding steroid dienone is 4. The molecule has 5 heteroatoms. The number of aryl methyl sites for hydroxylation is 1. The summed E-state index contributed by atoms with van der Waals surface area (Å²) in [7, 11) is 1.74. The van der Waals surface area contributed by atoms with Crippen molar-refractivity contribution in [3.8, 4) is 0 Å². The number of rotatable bonds is 6. The van der Waals surface area contributed by atoms with E-state index in [1.807, 2.05) is 64.1 Å². The number of carbonyl (C=O) groups is 1. The Morgan fingerprint density at radius 1 is 1.15 bits per heavy atom. The Morgan fingerprint density at radius 2 is 1.81 bits per heavy atom. The van der Waals surface area contributed by atoms with Gasteiger partial charge in [0.1, 0.15) is 0 Å². The molecule has 1 aromatic heterocycles. The monoisotopic (exact) mass is 353 g/mol. The van der Waals surface area contributed by atoms with Crippen LogP contribution in [-0.2, 0) is 6.42 Å². The molecule has 0 unspecified atom stereocenters. The fraction of sp³-hybridized carbons (Fsp3) is 0.286. The van der Waals surface area contributed by atoms with Crippen molar-refractivity contribution < 1.29 is 4.79 Å². The van der Waals surface area contributed by atoms with Crippen molar-refractivity contribution in [1.82, 2.24) is 15.5 Å². The molecular formula is C21H27N3O2. The van der Waals surface area contributed by atoms with E-state index >= 15 is 0 Å². The van der Waals surface area contributed by atoms with Crippen LogP contribution in [0.25, 0.3) is 0 Å². The molecule has 0 atom stereocenters. The molecule has 0 saturated carbocycles. The van der Waals surface area contributed by atoms with Gasteiger partial charge in [-0.25, -0.2) is 5.10 Å². The maximum Gasteiger partial charge on any atom is 0.264 e. The van der Waals surface area contributed by atoms with Gasteiger partial charge in [0.15, 0.2) is 0 Å². The third-order valence-corrected chi connectivity index (χ3v) is 3.62. The van der Waals surface area contributed by atoms with Gasteiger partial charge >= 0.3 is 0 Å². The molecule has 1 aromatic carbocycles. The van der Waals surface area contributed by atoms with E-state index in [1.54, 1.807) is 13.1 Å². The summed E-state index contributed by atoms with van der Waals surface area (Å²) in [6.07, 6.45) is 4.37. The second-order valence-electron chi connectivity index (χ2n) is 5.52. The molecule has 2 rings (SSSR count). The second-order valence-corrected chi connectivity index (χ2v) is 5.52. The molecule has 0 bridgehead atoms. The highest BCUT2D eigenvalue weighted by Crippen LogP contribution is 2.12. The fourth-order valence-electron chi connectivity index (χ4n) is 2.27. The number of nitrogens with one attached hydrogen (secondary N) is 2. The van der Waals surface area contributed by atoms with Crippen molar-refractivity contribution in [2.75, 3.05) is 7.05 Å². The lowest BCUT2D eigenvalue weighted by molar-refractivity contribution is 0.102.